The Morgan fingerprint density at radius 3 is 2.63 bits per heavy atom. The molecular weight excluding hydrogens is 240 g/mol. The number of nitrogens with zero attached hydrogens (tertiary/aromatic N) is 3. The first-order valence-electron chi connectivity index (χ1n) is 6.50. The van der Waals surface area contributed by atoms with Gasteiger partial charge < -0.3 is 20.3 Å². The van der Waals surface area contributed by atoms with Crippen LogP contribution in [0, 0.1) is 0 Å². The zero-order chi connectivity index (χ0) is 14.2. The summed E-state index contributed by atoms with van der Waals surface area (Å²) < 4.78 is 2.07. The summed E-state index contributed by atoms with van der Waals surface area (Å²) >= 11 is 0. The minimum atomic E-state index is -0.594. The molecule has 0 saturated carbocycles. The molecule has 1 aromatic carbocycles. The van der Waals surface area contributed by atoms with Gasteiger partial charge in [0.25, 0.3) is 0 Å². The average Bonchev–Trinajstić information content (AvgIpc) is 2.67. The number of aliphatic hydroxyl groups is 1. The molecule has 0 aliphatic carbocycles. The molecule has 104 valence electrons. The predicted octanol–water partition coefficient (Wildman–Crippen LogP) is 1.62. The Kier molecular flexibility index (Phi) is 3.78. The number of rotatable bonds is 4. The summed E-state index contributed by atoms with van der Waals surface area (Å²) in [6.07, 6.45) is -0.594. The number of anilines is 1. The fraction of sp³-hybridized carbons (Fsp3) is 0.500. The number of benzene rings is 1. The number of imidazole rings is 1. The van der Waals surface area contributed by atoms with Crippen LogP contribution in [-0.4, -0.2) is 39.7 Å². The summed E-state index contributed by atoms with van der Waals surface area (Å²) in [4.78, 5) is 6.65. The maximum Gasteiger partial charge on any atom is 0.138 e. The van der Waals surface area contributed by atoms with E-state index in [4.69, 9.17) is 5.73 Å². The predicted molar refractivity (Wildman–Crippen MR) is 77.9 cm³/mol. The van der Waals surface area contributed by atoms with E-state index >= 15 is 0 Å². The molecule has 1 aromatic heterocycles. The zero-order valence-corrected chi connectivity index (χ0v) is 12.0. The van der Waals surface area contributed by atoms with Crippen molar-refractivity contribution in [3.63, 3.8) is 0 Å². The van der Waals surface area contributed by atoms with E-state index in [1.54, 1.807) is 6.92 Å². The van der Waals surface area contributed by atoms with Crippen LogP contribution in [-0.2, 0) is 6.54 Å². The molecule has 2 aromatic rings. The third kappa shape index (κ3) is 2.72. The zero-order valence-electron chi connectivity index (χ0n) is 12.0. The molecule has 0 radical (unpaired) electrons. The van der Waals surface area contributed by atoms with Gasteiger partial charge in [-0.15, -0.1) is 0 Å². The molecule has 0 spiro atoms. The smallest absolute Gasteiger partial charge is 0.138 e. The van der Waals surface area contributed by atoms with Crippen LogP contribution in [0.25, 0.3) is 11.0 Å². The van der Waals surface area contributed by atoms with Crippen molar-refractivity contribution >= 4 is 16.7 Å². The van der Waals surface area contributed by atoms with E-state index in [0.717, 1.165) is 17.6 Å². The van der Waals surface area contributed by atoms with Crippen LogP contribution in [0.3, 0.4) is 0 Å². The van der Waals surface area contributed by atoms with E-state index in [-0.39, 0.29) is 0 Å². The van der Waals surface area contributed by atoms with Gasteiger partial charge in [-0.25, -0.2) is 4.98 Å². The number of aromatic nitrogens is 2. The Labute approximate surface area is 113 Å². The second-order valence-corrected chi connectivity index (χ2v) is 5.32. The number of hydrogen-bond donors (Lipinski definition) is 2. The molecule has 5 nitrogen and oxygen atoms in total. The molecule has 0 amide bonds. The normalized spacial score (nSPS) is 15.1. The lowest BCUT2D eigenvalue weighted by Gasteiger charge is -2.22. The second kappa shape index (κ2) is 5.19. The average molecular weight is 262 g/mol. The Bertz CT molecular complexity index is 574. The van der Waals surface area contributed by atoms with Crippen LogP contribution < -0.4 is 5.73 Å². The Balaban J connectivity index is 2.52. The van der Waals surface area contributed by atoms with Gasteiger partial charge in [-0.3, -0.25) is 0 Å². The SMILES string of the molecule is CC(O)c1nc2cc(N)ccc2n1CC(C)N(C)C. The van der Waals surface area contributed by atoms with Crippen molar-refractivity contribution in [3.05, 3.63) is 24.0 Å². The van der Waals surface area contributed by atoms with Gasteiger partial charge in [-0.1, -0.05) is 0 Å². The summed E-state index contributed by atoms with van der Waals surface area (Å²) in [7, 11) is 4.09. The number of likely N-dealkylation sites (N-methyl/N-ethyl adjacent to an activating group) is 1. The van der Waals surface area contributed by atoms with Crippen LogP contribution in [0.1, 0.15) is 25.8 Å². The molecule has 2 atom stereocenters. The number of nitrogens with two attached hydrogens (primary N) is 1. The topological polar surface area (TPSA) is 67.3 Å². The van der Waals surface area contributed by atoms with Gasteiger partial charge in [0.15, 0.2) is 0 Å². The highest BCUT2D eigenvalue weighted by Crippen LogP contribution is 2.23. The Hall–Kier alpha value is -1.59. The summed E-state index contributed by atoms with van der Waals surface area (Å²) in [5.74, 6) is 0.689. The van der Waals surface area contributed by atoms with Crippen molar-refractivity contribution in [2.45, 2.75) is 32.5 Å². The maximum absolute atomic E-state index is 9.90. The highest BCUT2D eigenvalue weighted by atomic mass is 16.3. The summed E-state index contributed by atoms with van der Waals surface area (Å²) in [5.41, 5.74) is 8.33. The van der Waals surface area contributed by atoms with E-state index in [1.807, 2.05) is 32.3 Å². The molecule has 2 rings (SSSR count). The number of fused-ring (bicyclic) bond motifs is 1. The van der Waals surface area contributed by atoms with Crippen molar-refractivity contribution < 1.29 is 5.11 Å². The summed E-state index contributed by atoms with van der Waals surface area (Å²) in [5, 5.41) is 9.90. The molecule has 0 saturated heterocycles. The fourth-order valence-electron chi connectivity index (χ4n) is 2.10. The molecule has 1 heterocycles. The third-order valence-corrected chi connectivity index (χ3v) is 3.50. The van der Waals surface area contributed by atoms with Crippen LogP contribution in [0.5, 0.6) is 0 Å². The molecule has 0 bridgehead atoms. The van der Waals surface area contributed by atoms with Gasteiger partial charge in [0.2, 0.25) is 0 Å². The summed E-state index contributed by atoms with van der Waals surface area (Å²) in [6, 6.07) is 6.03. The van der Waals surface area contributed by atoms with E-state index in [1.165, 1.54) is 0 Å². The highest BCUT2D eigenvalue weighted by Gasteiger charge is 2.17. The van der Waals surface area contributed by atoms with Crippen LogP contribution in [0.2, 0.25) is 0 Å². The highest BCUT2D eigenvalue weighted by molar-refractivity contribution is 5.79. The van der Waals surface area contributed by atoms with Crippen LogP contribution >= 0.6 is 0 Å². The maximum atomic E-state index is 9.90. The van der Waals surface area contributed by atoms with E-state index in [0.29, 0.717) is 17.6 Å². The van der Waals surface area contributed by atoms with Gasteiger partial charge >= 0.3 is 0 Å². The number of aliphatic hydroxyl groups excluding tert-OH is 1. The van der Waals surface area contributed by atoms with E-state index in [2.05, 4.69) is 21.4 Å². The molecular formula is C14H22N4O. The Morgan fingerprint density at radius 2 is 2.05 bits per heavy atom. The van der Waals surface area contributed by atoms with Crippen molar-refractivity contribution in [2.24, 2.45) is 0 Å². The van der Waals surface area contributed by atoms with Gasteiger partial charge in [-0.05, 0) is 46.1 Å². The Morgan fingerprint density at radius 1 is 1.37 bits per heavy atom. The standard InChI is InChI=1S/C14H22N4O/c1-9(17(3)4)8-18-13-6-5-11(15)7-12(13)16-14(18)10(2)19/h5-7,9-10,19H,8,15H2,1-4H3. The van der Waals surface area contributed by atoms with Gasteiger partial charge in [0.05, 0.1) is 11.0 Å². The molecule has 5 heteroatoms. The summed E-state index contributed by atoms with van der Waals surface area (Å²) in [6.45, 7) is 4.67. The molecule has 19 heavy (non-hydrogen) atoms. The van der Waals surface area contributed by atoms with Crippen molar-refractivity contribution in [1.29, 1.82) is 0 Å². The first-order valence-corrected chi connectivity index (χ1v) is 6.50. The quantitative estimate of drug-likeness (QED) is 0.822. The minimum Gasteiger partial charge on any atom is -0.399 e. The second-order valence-electron chi connectivity index (χ2n) is 5.32. The lowest BCUT2D eigenvalue weighted by Crippen LogP contribution is -2.30. The minimum absolute atomic E-state index is 0.354. The molecule has 0 aliphatic heterocycles. The largest absolute Gasteiger partial charge is 0.399 e. The first kappa shape index (κ1) is 13.8. The fourth-order valence-corrected chi connectivity index (χ4v) is 2.10. The third-order valence-electron chi connectivity index (χ3n) is 3.50. The molecule has 0 aliphatic rings. The number of nitrogen functional groups attached to an aromatic ring is 1. The number of hydrogen-bond acceptors (Lipinski definition) is 4. The van der Waals surface area contributed by atoms with Crippen molar-refractivity contribution in [3.8, 4) is 0 Å². The first-order chi connectivity index (χ1) is 8.90. The van der Waals surface area contributed by atoms with Gasteiger partial charge in [0, 0.05) is 18.3 Å². The van der Waals surface area contributed by atoms with Gasteiger partial charge in [-0.2, -0.15) is 0 Å². The monoisotopic (exact) mass is 262 g/mol. The van der Waals surface area contributed by atoms with Crippen LogP contribution in [0.15, 0.2) is 18.2 Å². The lowest BCUT2D eigenvalue weighted by molar-refractivity contribution is 0.180. The molecule has 3 N–H and O–H groups in total. The van der Waals surface area contributed by atoms with E-state index < -0.39 is 6.10 Å². The van der Waals surface area contributed by atoms with Crippen LogP contribution in [0.4, 0.5) is 5.69 Å². The lowest BCUT2D eigenvalue weighted by atomic mass is 10.2. The van der Waals surface area contributed by atoms with Gasteiger partial charge in [0.1, 0.15) is 11.9 Å². The van der Waals surface area contributed by atoms with Crippen molar-refractivity contribution in [2.75, 3.05) is 19.8 Å². The molecule has 2 unspecified atom stereocenters. The van der Waals surface area contributed by atoms with E-state index in [9.17, 15) is 5.11 Å². The molecule has 0 fully saturated rings. The van der Waals surface area contributed by atoms with Crippen molar-refractivity contribution in [1.82, 2.24) is 14.5 Å².